The molecule has 0 atom stereocenters. The Morgan fingerprint density at radius 2 is 1.75 bits per heavy atom. The molecule has 3 aromatic rings. The third kappa shape index (κ3) is 6.75. The highest BCUT2D eigenvalue weighted by atomic mass is 32.1. The number of hydrogen-bond donors (Lipinski definition) is 2. The van der Waals surface area contributed by atoms with Gasteiger partial charge < -0.3 is 15.4 Å². The monoisotopic (exact) mass is 451 g/mol. The van der Waals surface area contributed by atoms with Crippen LogP contribution >= 0.6 is 11.3 Å². The van der Waals surface area contributed by atoms with Crippen molar-refractivity contribution in [1.29, 1.82) is 0 Å². The van der Waals surface area contributed by atoms with Crippen LogP contribution in [-0.2, 0) is 27.4 Å². The van der Waals surface area contributed by atoms with Crippen molar-refractivity contribution in [2.24, 2.45) is 0 Å². The Hall–Kier alpha value is -3.52. The van der Waals surface area contributed by atoms with Crippen LogP contribution in [-0.4, -0.2) is 29.3 Å². The number of ether oxygens (including phenoxy) is 1. The van der Waals surface area contributed by atoms with E-state index in [-0.39, 0.29) is 31.4 Å². The predicted octanol–water partition coefficient (Wildman–Crippen LogP) is 3.72. The first-order valence-electron chi connectivity index (χ1n) is 10.1. The lowest BCUT2D eigenvalue weighted by atomic mass is 10.1. The maximum absolute atomic E-state index is 12.2. The molecule has 0 aliphatic carbocycles. The second kappa shape index (κ2) is 10.7. The van der Waals surface area contributed by atoms with Crippen molar-refractivity contribution in [3.05, 3.63) is 80.8 Å². The number of anilines is 1. The number of aromatic nitrogens is 1. The summed E-state index contributed by atoms with van der Waals surface area (Å²) in [6.45, 7) is 5.62. The predicted molar refractivity (Wildman–Crippen MR) is 124 cm³/mol. The first-order chi connectivity index (χ1) is 15.3. The van der Waals surface area contributed by atoms with Crippen molar-refractivity contribution < 1.29 is 19.1 Å². The molecule has 2 N–H and O–H groups in total. The fourth-order valence-corrected chi connectivity index (χ4v) is 3.60. The maximum atomic E-state index is 12.2. The van der Waals surface area contributed by atoms with Crippen LogP contribution in [0.5, 0.6) is 0 Å². The number of thiazole rings is 1. The molecule has 0 spiro atoms. The standard InChI is InChI=1S/C24H25N3O4S/c1-15-4-8-19(9-5-15)26-21(28)11-22-27-20(14-32-22)13-31-23(29)12-25-24(30)18-7-6-16(2)17(3)10-18/h4-10,14H,11-13H2,1-3H3,(H,25,30)(H,26,28). The van der Waals surface area contributed by atoms with Gasteiger partial charge in [0.15, 0.2) is 0 Å². The number of nitrogens with one attached hydrogen (secondary N) is 2. The summed E-state index contributed by atoms with van der Waals surface area (Å²) in [5, 5.41) is 7.76. The van der Waals surface area contributed by atoms with Crippen LogP contribution in [0.2, 0.25) is 0 Å². The summed E-state index contributed by atoms with van der Waals surface area (Å²) < 4.78 is 5.17. The van der Waals surface area contributed by atoms with Crippen molar-refractivity contribution in [2.75, 3.05) is 11.9 Å². The van der Waals surface area contributed by atoms with Gasteiger partial charge in [-0.2, -0.15) is 0 Å². The Morgan fingerprint density at radius 3 is 2.47 bits per heavy atom. The van der Waals surface area contributed by atoms with Gasteiger partial charge in [-0.05, 0) is 56.2 Å². The Morgan fingerprint density at radius 1 is 1.00 bits per heavy atom. The normalized spacial score (nSPS) is 10.5. The quantitative estimate of drug-likeness (QED) is 0.509. The van der Waals surface area contributed by atoms with E-state index in [0.29, 0.717) is 16.3 Å². The van der Waals surface area contributed by atoms with E-state index >= 15 is 0 Å². The zero-order valence-electron chi connectivity index (χ0n) is 18.2. The van der Waals surface area contributed by atoms with Crippen molar-refractivity contribution in [3.63, 3.8) is 0 Å². The second-order valence-electron chi connectivity index (χ2n) is 7.47. The number of carbonyl (C=O) groups excluding carboxylic acids is 3. The minimum absolute atomic E-state index is 0.0194. The number of rotatable bonds is 8. The number of carbonyl (C=O) groups is 3. The third-order valence-electron chi connectivity index (χ3n) is 4.79. The summed E-state index contributed by atoms with van der Waals surface area (Å²) in [5.41, 5.74) is 5.00. The molecule has 0 radical (unpaired) electrons. The van der Waals surface area contributed by atoms with E-state index in [1.54, 1.807) is 17.5 Å². The number of nitrogens with zero attached hydrogens (tertiary/aromatic N) is 1. The van der Waals surface area contributed by atoms with Gasteiger partial charge in [0.05, 0.1) is 12.1 Å². The van der Waals surface area contributed by atoms with Gasteiger partial charge in [-0.15, -0.1) is 11.3 Å². The highest BCUT2D eigenvalue weighted by Crippen LogP contribution is 2.14. The zero-order valence-corrected chi connectivity index (χ0v) is 19.0. The molecule has 0 saturated carbocycles. The van der Waals surface area contributed by atoms with E-state index < -0.39 is 5.97 Å². The average Bonchev–Trinajstić information content (AvgIpc) is 3.21. The SMILES string of the molecule is Cc1ccc(NC(=O)Cc2nc(COC(=O)CNC(=O)c3ccc(C)c(C)c3)cs2)cc1. The summed E-state index contributed by atoms with van der Waals surface area (Å²) >= 11 is 1.33. The van der Waals surface area contributed by atoms with Crippen LogP contribution in [0.4, 0.5) is 5.69 Å². The molecule has 0 aliphatic rings. The number of amides is 2. The van der Waals surface area contributed by atoms with Crippen molar-refractivity contribution in [1.82, 2.24) is 10.3 Å². The Balaban J connectivity index is 1.41. The van der Waals surface area contributed by atoms with Crippen molar-refractivity contribution in [2.45, 2.75) is 33.8 Å². The van der Waals surface area contributed by atoms with Crippen LogP contribution in [0.15, 0.2) is 47.8 Å². The third-order valence-corrected chi connectivity index (χ3v) is 5.69. The molecule has 0 aliphatic heterocycles. The van der Waals surface area contributed by atoms with Gasteiger partial charge in [0.2, 0.25) is 5.91 Å². The number of hydrogen-bond acceptors (Lipinski definition) is 6. The van der Waals surface area contributed by atoms with E-state index in [1.165, 1.54) is 11.3 Å². The summed E-state index contributed by atoms with van der Waals surface area (Å²) in [5.74, 6) is -1.06. The van der Waals surface area contributed by atoms with Gasteiger partial charge in [0, 0.05) is 16.6 Å². The molecular weight excluding hydrogens is 426 g/mol. The lowest BCUT2D eigenvalue weighted by molar-refractivity contribution is -0.143. The topological polar surface area (TPSA) is 97.4 Å². The average molecular weight is 452 g/mol. The fourth-order valence-electron chi connectivity index (χ4n) is 2.82. The van der Waals surface area contributed by atoms with Gasteiger partial charge >= 0.3 is 5.97 Å². The van der Waals surface area contributed by atoms with Crippen molar-refractivity contribution >= 4 is 34.8 Å². The summed E-state index contributed by atoms with van der Waals surface area (Å²) in [4.78, 5) is 40.6. The maximum Gasteiger partial charge on any atom is 0.325 e. The van der Waals surface area contributed by atoms with Gasteiger partial charge in [-0.25, -0.2) is 4.98 Å². The molecule has 3 rings (SSSR count). The lowest BCUT2D eigenvalue weighted by Gasteiger charge is -2.07. The smallest absolute Gasteiger partial charge is 0.325 e. The minimum Gasteiger partial charge on any atom is -0.458 e. The van der Waals surface area contributed by atoms with E-state index in [2.05, 4.69) is 15.6 Å². The van der Waals surface area contributed by atoms with E-state index in [0.717, 1.165) is 22.4 Å². The Bertz CT molecular complexity index is 1120. The first-order valence-corrected chi connectivity index (χ1v) is 11.0. The molecule has 8 heteroatoms. The van der Waals surface area contributed by atoms with Crippen molar-refractivity contribution in [3.8, 4) is 0 Å². The fraction of sp³-hybridized carbons (Fsp3) is 0.250. The summed E-state index contributed by atoms with van der Waals surface area (Å²) in [6, 6.07) is 12.9. The largest absolute Gasteiger partial charge is 0.458 e. The number of benzene rings is 2. The highest BCUT2D eigenvalue weighted by Gasteiger charge is 2.12. The molecule has 7 nitrogen and oxygen atoms in total. The van der Waals surface area contributed by atoms with E-state index in [1.807, 2.05) is 51.1 Å². The number of aryl methyl sites for hydroxylation is 3. The molecule has 0 saturated heterocycles. The Kier molecular flexibility index (Phi) is 7.72. The van der Waals surface area contributed by atoms with E-state index in [9.17, 15) is 14.4 Å². The molecule has 0 fully saturated rings. The number of esters is 1. The van der Waals surface area contributed by atoms with E-state index in [4.69, 9.17) is 4.74 Å². The van der Waals surface area contributed by atoms with Crippen LogP contribution in [0.3, 0.4) is 0 Å². The molecule has 32 heavy (non-hydrogen) atoms. The van der Waals surface area contributed by atoms with Crippen LogP contribution in [0.1, 0.15) is 37.7 Å². The summed E-state index contributed by atoms with van der Waals surface area (Å²) in [7, 11) is 0. The van der Waals surface area contributed by atoms with Crippen LogP contribution < -0.4 is 10.6 Å². The van der Waals surface area contributed by atoms with Gasteiger partial charge in [-0.3, -0.25) is 14.4 Å². The van der Waals surface area contributed by atoms with Gasteiger partial charge in [-0.1, -0.05) is 23.8 Å². The second-order valence-corrected chi connectivity index (χ2v) is 8.41. The first kappa shape index (κ1) is 23.1. The van der Waals surface area contributed by atoms with Crippen LogP contribution in [0, 0.1) is 20.8 Å². The molecular formula is C24H25N3O4S. The lowest BCUT2D eigenvalue weighted by Crippen LogP contribution is -2.30. The summed E-state index contributed by atoms with van der Waals surface area (Å²) in [6.07, 6.45) is 0.137. The zero-order chi connectivity index (χ0) is 23.1. The molecule has 0 bridgehead atoms. The highest BCUT2D eigenvalue weighted by molar-refractivity contribution is 7.09. The minimum atomic E-state index is -0.561. The van der Waals surface area contributed by atoms with Gasteiger partial charge in [0.1, 0.15) is 18.2 Å². The molecule has 2 aromatic carbocycles. The molecule has 1 heterocycles. The molecule has 166 valence electrons. The molecule has 0 unspecified atom stereocenters. The molecule has 2 amide bonds. The van der Waals surface area contributed by atoms with Gasteiger partial charge in [0.25, 0.3) is 5.91 Å². The Labute approximate surface area is 190 Å². The van der Waals surface area contributed by atoms with Crippen LogP contribution in [0.25, 0.3) is 0 Å². The molecule has 1 aromatic heterocycles.